The van der Waals surface area contributed by atoms with E-state index in [-0.39, 0.29) is 11.8 Å². The molecular formula is C18H17ClF3N5O. The normalized spacial score (nSPS) is 18.0. The van der Waals surface area contributed by atoms with Crippen LogP contribution >= 0.6 is 11.6 Å². The van der Waals surface area contributed by atoms with Gasteiger partial charge in [0.1, 0.15) is 11.5 Å². The number of pyridine rings is 1. The molecule has 1 atom stereocenters. The van der Waals surface area contributed by atoms with Crippen LogP contribution in [0.2, 0.25) is 5.02 Å². The first kappa shape index (κ1) is 18.8. The van der Waals surface area contributed by atoms with E-state index in [4.69, 9.17) is 11.6 Å². The molecule has 148 valence electrons. The molecule has 1 aliphatic heterocycles. The zero-order valence-electron chi connectivity index (χ0n) is 14.9. The van der Waals surface area contributed by atoms with E-state index >= 15 is 0 Å². The molecule has 1 unspecified atom stereocenters. The maximum Gasteiger partial charge on any atom is 0.434 e. The molecule has 1 aliphatic rings. The van der Waals surface area contributed by atoms with Gasteiger partial charge in [0.25, 0.3) is 5.91 Å². The van der Waals surface area contributed by atoms with Crippen LogP contribution in [-0.2, 0) is 13.2 Å². The number of hydrogen-bond donors (Lipinski definition) is 0. The molecule has 0 aliphatic carbocycles. The van der Waals surface area contributed by atoms with Crippen molar-refractivity contribution in [1.29, 1.82) is 0 Å². The average Bonchev–Trinajstić information content (AvgIpc) is 3.26. The molecule has 1 saturated heterocycles. The second kappa shape index (κ2) is 6.80. The van der Waals surface area contributed by atoms with E-state index in [0.717, 1.165) is 6.20 Å². The Hall–Kier alpha value is -2.55. The van der Waals surface area contributed by atoms with E-state index in [2.05, 4.69) is 9.97 Å². The minimum absolute atomic E-state index is 0.232. The highest BCUT2D eigenvalue weighted by atomic mass is 35.5. The molecule has 4 rings (SSSR count). The molecule has 0 radical (unpaired) electrons. The van der Waals surface area contributed by atoms with Gasteiger partial charge >= 0.3 is 6.18 Å². The molecule has 1 fully saturated rings. The minimum Gasteiger partial charge on any atom is -0.337 e. The summed E-state index contributed by atoms with van der Waals surface area (Å²) in [5, 5.41) is 0.436. The summed E-state index contributed by atoms with van der Waals surface area (Å²) in [6.45, 7) is 0.828. The van der Waals surface area contributed by atoms with E-state index in [1.165, 1.54) is 10.8 Å². The Bertz CT molecular complexity index is 1040. The van der Waals surface area contributed by atoms with Gasteiger partial charge in [-0.3, -0.25) is 9.20 Å². The van der Waals surface area contributed by atoms with Crippen LogP contribution in [0.5, 0.6) is 0 Å². The molecule has 6 nitrogen and oxygen atoms in total. The van der Waals surface area contributed by atoms with Crippen LogP contribution in [0.1, 0.15) is 40.8 Å². The van der Waals surface area contributed by atoms with Gasteiger partial charge in [-0.15, -0.1) is 0 Å². The Balaban J connectivity index is 1.59. The second-order valence-electron chi connectivity index (χ2n) is 6.88. The number of halogens is 4. The maximum atomic E-state index is 13.0. The van der Waals surface area contributed by atoms with Gasteiger partial charge in [0.2, 0.25) is 0 Å². The smallest absolute Gasteiger partial charge is 0.337 e. The summed E-state index contributed by atoms with van der Waals surface area (Å²) in [5.74, 6) is -0.155. The predicted molar refractivity (Wildman–Crippen MR) is 96.3 cm³/mol. The van der Waals surface area contributed by atoms with Crippen LogP contribution in [-0.4, -0.2) is 42.8 Å². The summed E-state index contributed by atoms with van der Waals surface area (Å²) in [4.78, 5) is 22.7. The Morgan fingerprint density at radius 1 is 1.36 bits per heavy atom. The highest BCUT2D eigenvalue weighted by molar-refractivity contribution is 6.33. The van der Waals surface area contributed by atoms with E-state index < -0.39 is 11.9 Å². The van der Waals surface area contributed by atoms with Gasteiger partial charge in [0.15, 0.2) is 11.3 Å². The highest BCUT2D eigenvalue weighted by Gasteiger charge is 2.36. The topological polar surface area (TPSA) is 55.4 Å². The number of rotatable bonds is 2. The first-order valence-electron chi connectivity index (χ1n) is 8.77. The van der Waals surface area contributed by atoms with Gasteiger partial charge in [-0.25, -0.2) is 9.97 Å². The average molecular weight is 412 g/mol. The standard InChI is InChI=1S/C18H17ClF3N5O/c1-25-10-14(18(20,21)22)24-15(25)11-4-2-6-26(9-11)17(28)13-8-23-16-12(19)5-3-7-27(13)16/h3,5,7-8,10-11H,2,4,6,9H2,1H3. The molecule has 4 heterocycles. The zero-order valence-corrected chi connectivity index (χ0v) is 15.7. The number of aryl methyl sites for hydroxylation is 1. The summed E-state index contributed by atoms with van der Waals surface area (Å²) in [7, 11) is 1.55. The number of carbonyl (C=O) groups is 1. The fraction of sp³-hybridized carbons (Fsp3) is 0.389. The van der Waals surface area contributed by atoms with E-state index in [9.17, 15) is 18.0 Å². The lowest BCUT2D eigenvalue weighted by Crippen LogP contribution is -2.40. The van der Waals surface area contributed by atoms with Crippen LogP contribution in [0.4, 0.5) is 13.2 Å². The lowest BCUT2D eigenvalue weighted by atomic mass is 9.97. The summed E-state index contributed by atoms with van der Waals surface area (Å²) in [6, 6.07) is 3.41. The lowest BCUT2D eigenvalue weighted by molar-refractivity contribution is -0.141. The van der Waals surface area contributed by atoms with Crippen molar-refractivity contribution >= 4 is 23.2 Å². The fourth-order valence-electron chi connectivity index (χ4n) is 3.67. The third-order valence-corrected chi connectivity index (χ3v) is 5.28. The largest absolute Gasteiger partial charge is 0.434 e. The van der Waals surface area contributed by atoms with Crippen molar-refractivity contribution < 1.29 is 18.0 Å². The van der Waals surface area contributed by atoms with Crippen molar-refractivity contribution in [3.63, 3.8) is 0 Å². The Morgan fingerprint density at radius 2 is 2.14 bits per heavy atom. The summed E-state index contributed by atoms with van der Waals surface area (Å²) >= 11 is 6.11. The van der Waals surface area contributed by atoms with Crippen LogP contribution in [0, 0.1) is 0 Å². The first-order valence-corrected chi connectivity index (χ1v) is 9.15. The SMILES string of the molecule is Cn1cc(C(F)(F)F)nc1C1CCCN(C(=O)c2cnc3c(Cl)cccn23)C1. The quantitative estimate of drug-likeness (QED) is 0.645. The van der Waals surface area contributed by atoms with Crippen molar-refractivity contribution in [3.8, 4) is 0 Å². The summed E-state index contributed by atoms with van der Waals surface area (Å²) in [6.07, 6.45) is 1.03. The minimum atomic E-state index is -4.49. The van der Waals surface area contributed by atoms with Crippen LogP contribution < -0.4 is 0 Å². The van der Waals surface area contributed by atoms with Crippen LogP contribution in [0.15, 0.2) is 30.7 Å². The number of piperidine rings is 1. The number of hydrogen-bond acceptors (Lipinski definition) is 3. The number of imidazole rings is 2. The maximum absolute atomic E-state index is 13.0. The van der Waals surface area contributed by atoms with Gasteiger partial charge in [-0.1, -0.05) is 11.6 Å². The second-order valence-corrected chi connectivity index (χ2v) is 7.28. The highest BCUT2D eigenvalue weighted by Crippen LogP contribution is 2.32. The summed E-state index contributed by atoms with van der Waals surface area (Å²) in [5.41, 5.74) is -0.0566. The number of likely N-dealkylation sites (tertiary alicyclic amines) is 1. The predicted octanol–water partition coefficient (Wildman–Crippen LogP) is 3.76. The van der Waals surface area contributed by atoms with E-state index in [1.807, 2.05) is 0 Å². The zero-order chi connectivity index (χ0) is 20.1. The third-order valence-electron chi connectivity index (χ3n) is 4.98. The van der Waals surface area contributed by atoms with Crippen LogP contribution in [0.3, 0.4) is 0 Å². The van der Waals surface area contributed by atoms with Gasteiger partial charge in [0.05, 0.1) is 11.2 Å². The fourth-order valence-corrected chi connectivity index (χ4v) is 3.88. The molecule has 3 aromatic heterocycles. The Morgan fingerprint density at radius 3 is 2.86 bits per heavy atom. The Kier molecular flexibility index (Phi) is 4.57. The third kappa shape index (κ3) is 3.23. The monoisotopic (exact) mass is 411 g/mol. The first-order chi connectivity index (χ1) is 13.3. The number of fused-ring (bicyclic) bond motifs is 1. The van der Waals surface area contributed by atoms with Gasteiger partial charge in [0, 0.05) is 38.4 Å². The van der Waals surface area contributed by atoms with Gasteiger partial charge < -0.3 is 9.47 Å². The van der Waals surface area contributed by atoms with Crippen molar-refractivity contribution in [2.75, 3.05) is 13.1 Å². The molecule has 0 aromatic carbocycles. The number of alkyl halides is 3. The number of nitrogens with zero attached hydrogens (tertiary/aromatic N) is 5. The van der Waals surface area contributed by atoms with Crippen LogP contribution in [0.25, 0.3) is 5.65 Å². The molecule has 3 aromatic rings. The van der Waals surface area contributed by atoms with Crippen molar-refractivity contribution in [2.24, 2.45) is 7.05 Å². The van der Waals surface area contributed by atoms with Crippen molar-refractivity contribution in [2.45, 2.75) is 24.9 Å². The molecule has 10 heteroatoms. The van der Waals surface area contributed by atoms with Gasteiger partial charge in [-0.2, -0.15) is 13.2 Å². The molecule has 0 spiro atoms. The van der Waals surface area contributed by atoms with Gasteiger partial charge in [-0.05, 0) is 25.0 Å². The molecular weight excluding hydrogens is 395 g/mol. The molecule has 1 amide bonds. The number of amides is 1. The molecule has 28 heavy (non-hydrogen) atoms. The molecule has 0 N–H and O–H groups in total. The lowest BCUT2D eigenvalue weighted by Gasteiger charge is -2.32. The molecule has 0 saturated carbocycles. The number of aromatic nitrogens is 4. The van der Waals surface area contributed by atoms with Crippen molar-refractivity contribution in [3.05, 3.63) is 53.0 Å². The van der Waals surface area contributed by atoms with E-state index in [0.29, 0.717) is 48.1 Å². The Labute approximate surface area is 163 Å². The number of carbonyl (C=O) groups excluding carboxylic acids is 1. The molecule has 0 bridgehead atoms. The summed E-state index contributed by atoms with van der Waals surface area (Å²) < 4.78 is 41.9. The van der Waals surface area contributed by atoms with E-state index in [1.54, 1.807) is 34.7 Å². The van der Waals surface area contributed by atoms with Crippen molar-refractivity contribution in [1.82, 2.24) is 23.8 Å².